The Balaban J connectivity index is 0.000000711. The average Bonchev–Trinajstić information content (AvgIpc) is 2.74. The molecule has 0 aliphatic heterocycles. The number of amides is 1. The number of carbonyl (C=O) groups is 2. The minimum Gasteiger partial charge on any atom is -0.471 e. The van der Waals surface area contributed by atoms with E-state index in [2.05, 4.69) is 10.1 Å². The average molecular weight is 274 g/mol. The predicted octanol–water partition coefficient (Wildman–Crippen LogP) is 1.43. The third-order valence-electron chi connectivity index (χ3n) is 2.76. The zero-order valence-electron chi connectivity index (χ0n) is 12.3. The number of hydrogen-bond donors (Lipinski definition) is 2. The Kier molecular flexibility index (Phi) is 8.14. The molecule has 1 saturated carbocycles. The van der Waals surface area contributed by atoms with E-state index in [4.69, 9.17) is 15.3 Å². The minimum atomic E-state index is -0.430. The smallest absolute Gasteiger partial charge is 0.407 e. The summed E-state index contributed by atoms with van der Waals surface area (Å²) in [4.78, 5) is 20.5. The molecule has 0 aromatic rings. The van der Waals surface area contributed by atoms with Gasteiger partial charge in [0, 0.05) is 6.04 Å². The Morgan fingerprint density at radius 1 is 1.42 bits per heavy atom. The van der Waals surface area contributed by atoms with Crippen LogP contribution < -0.4 is 11.1 Å². The van der Waals surface area contributed by atoms with Gasteiger partial charge in [0.05, 0.1) is 7.11 Å². The molecule has 0 heterocycles. The van der Waals surface area contributed by atoms with Gasteiger partial charge in [0.15, 0.2) is 0 Å². The minimum absolute atomic E-state index is 0.199. The van der Waals surface area contributed by atoms with Crippen LogP contribution in [-0.4, -0.2) is 37.9 Å². The van der Waals surface area contributed by atoms with Gasteiger partial charge in [-0.1, -0.05) is 6.42 Å². The van der Waals surface area contributed by atoms with Crippen molar-refractivity contribution in [2.24, 2.45) is 11.7 Å². The van der Waals surface area contributed by atoms with Crippen molar-refractivity contribution in [3.8, 4) is 0 Å². The van der Waals surface area contributed by atoms with E-state index in [-0.39, 0.29) is 12.1 Å². The van der Waals surface area contributed by atoms with Crippen LogP contribution in [-0.2, 0) is 14.3 Å². The molecule has 0 aromatic carbocycles. The van der Waals surface area contributed by atoms with Gasteiger partial charge in [-0.15, -0.1) is 0 Å². The molecule has 0 bridgehead atoms. The topological polar surface area (TPSA) is 90.7 Å². The van der Waals surface area contributed by atoms with Crippen LogP contribution in [0.1, 0.15) is 40.0 Å². The third-order valence-corrected chi connectivity index (χ3v) is 2.76. The van der Waals surface area contributed by atoms with Crippen LogP contribution in [0.2, 0.25) is 0 Å². The van der Waals surface area contributed by atoms with Crippen molar-refractivity contribution in [2.45, 2.75) is 51.7 Å². The van der Waals surface area contributed by atoms with Crippen LogP contribution in [0.5, 0.6) is 0 Å². The van der Waals surface area contributed by atoms with Crippen LogP contribution >= 0.6 is 0 Å². The van der Waals surface area contributed by atoms with Crippen LogP contribution in [0.15, 0.2) is 0 Å². The normalized spacial score (nSPS) is 21.9. The summed E-state index contributed by atoms with van der Waals surface area (Å²) >= 11 is 0. The van der Waals surface area contributed by atoms with Gasteiger partial charge >= 0.3 is 6.09 Å². The highest BCUT2D eigenvalue weighted by molar-refractivity contribution is 5.68. The Hall–Kier alpha value is -1.30. The quantitative estimate of drug-likeness (QED) is 0.760. The molecule has 1 fully saturated rings. The highest BCUT2D eigenvalue weighted by Gasteiger charge is 2.28. The van der Waals surface area contributed by atoms with Crippen LogP contribution in [0.3, 0.4) is 0 Å². The van der Waals surface area contributed by atoms with E-state index < -0.39 is 5.60 Å². The molecule has 1 amide bonds. The fourth-order valence-corrected chi connectivity index (χ4v) is 1.97. The zero-order chi connectivity index (χ0) is 14.9. The summed E-state index contributed by atoms with van der Waals surface area (Å²) in [7, 11) is 1.31. The van der Waals surface area contributed by atoms with Crippen molar-refractivity contribution in [3.63, 3.8) is 0 Å². The maximum absolute atomic E-state index is 11.5. The summed E-state index contributed by atoms with van der Waals surface area (Å²) in [5.41, 5.74) is 5.21. The van der Waals surface area contributed by atoms with Gasteiger partial charge in [0.2, 0.25) is 0 Å². The molecular weight excluding hydrogens is 248 g/mol. The van der Waals surface area contributed by atoms with E-state index in [1.807, 2.05) is 20.8 Å². The van der Waals surface area contributed by atoms with Crippen LogP contribution in [0, 0.1) is 5.92 Å². The van der Waals surface area contributed by atoms with Crippen molar-refractivity contribution in [1.29, 1.82) is 0 Å². The van der Waals surface area contributed by atoms with Gasteiger partial charge in [0.25, 0.3) is 6.47 Å². The highest BCUT2D eigenvalue weighted by Crippen LogP contribution is 2.24. The second-order valence-electron chi connectivity index (χ2n) is 5.51. The third kappa shape index (κ3) is 8.42. The predicted molar refractivity (Wildman–Crippen MR) is 72.6 cm³/mol. The van der Waals surface area contributed by atoms with E-state index in [0.717, 1.165) is 19.3 Å². The van der Waals surface area contributed by atoms with E-state index in [0.29, 0.717) is 18.9 Å². The first-order chi connectivity index (χ1) is 8.84. The molecule has 2 unspecified atom stereocenters. The van der Waals surface area contributed by atoms with Crippen molar-refractivity contribution >= 4 is 12.6 Å². The second-order valence-corrected chi connectivity index (χ2v) is 5.51. The lowest BCUT2D eigenvalue weighted by atomic mass is 10.0. The van der Waals surface area contributed by atoms with Gasteiger partial charge in [-0.3, -0.25) is 4.79 Å². The monoisotopic (exact) mass is 274 g/mol. The molecule has 0 saturated heterocycles. The first kappa shape index (κ1) is 17.7. The number of ether oxygens (including phenoxy) is 2. The second kappa shape index (κ2) is 8.74. The number of nitrogens with two attached hydrogens (primary N) is 1. The number of methoxy groups -OCH3 is 1. The Morgan fingerprint density at radius 3 is 2.42 bits per heavy atom. The van der Waals surface area contributed by atoms with Gasteiger partial charge in [-0.25, -0.2) is 4.79 Å². The fraction of sp³-hybridized carbons (Fsp3) is 0.846. The molecule has 112 valence electrons. The van der Waals surface area contributed by atoms with E-state index in [1.165, 1.54) is 7.11 Å². The largest absolute Gasteiger partial charge is 0.471 e. The molecule has 0 radical (unpaired) electrons. The molecule has 0 aromatic heterocycles. The van der Waals surface area contributed by atoms with Crippen molar-refractivity contribution in [2.75, 3.05) is 13.7 Å². The summed E-state index contributed by atoms with van der Waals surface area (Å²) in [6, 6.07) is 0.199. The lowest BCUT2D eigenvalue weighted by Gasteiger charge is -2.24. The van der Waals surface area contributed by atoms with Gasteiger partial charge in [-0.05, 0) is 46.1 Å². The summed E-state index contributed by atoms with van der Waals surface area (Å²) in [6.45, 7) is 6.60. The Labute approximate surface area is 115 Å². The molecule has 19 heavy (non-hydrogen) atoms. The van der Waals surface area contributed by atoms with Crippen molar-refractivity contribution in [1.82, 2.24) is 5.32 Å². The maximum atomic E-state index is 11.5. The zero-order valence-corrected chi connectivity index (χ0v) is 12.3. The fourth-order valence-electron chi connectivity index (χ4n) is 1.97. The summed E-state index contributed by atoms with van der Waals surface area (Å²) in [5.74, 6) is 0.414. The molecule has 1 aliphatic rings. The van der Waals surface area contributed by atoms with Crippen LogP contribution in [0.25, 0.3) is 0 Å². The van der Waals surface area contributed by atoms with E-state index in [1.54, 1.807) is 0 Å². The molecule has 2 atom stereocenters. The molecule has 6 heteroatoms. The van der Waals surface area contributed by atoms with Gasteiger partial charge in [-0.2, -0.15) is 0 Å². The molecule has 1 aliphatic carbocycles. The summed E-state index contributed by atoms with van der Waals surface area (Å²) < 4.78 is 9.06. The number of carbonyl (C=O) groups excluding carboxylic acids is 2. The highest BCUT2D eigenvalue weighted by atomic mass is 16.6. The van der Waals surface area contributed by atoms with Gasteiger partial charge < -0.3 is 20.5 Å². The van der Waals surface area contributed by atoms with E-state index >= 15 is 0 Å². The standard InChI is InChI=1S/C11H22N2O2.C2H4O2/c1-11(2,3)15-10(14)13-9-6-4-5-8(9)7-12;1-4-2-3/h8-9H,4-7,12H2,1-3H3,(H,13,14);2H,1H3. The number of alkyl carbamates (subject to hydrolysis) is 1. The first-order valence-corrected chi connectivity index (χ1v) is 6.50. The maximum Gasteiger partial charge on any atom is 0.407 e. The van der Waals surface area contributed by atoms with Gasteiger partial charge in [0.1, 0.15) is 5.60 Å². The Morgan fingerprint density at radius 2 is 2.00 bits per heavy atom. The molecule has 1 rings (SSSR count). The number of hydrogen-bond acceptors (Lipinski definition) is 5. The molecule has 3 N–H and O–H groups in total. The number of nitrogens with one attached hydrogen (secondary N) is 1. The Bertz CT molecular complexity index is 276. The number of rotatable bonds is 3. The molecule has 6 nitrogen and oxygen atoms in total. The van der Waals surface area contributed by atoms with Crippen LogP contribution in [0.4, 0.5) is 4.79 Å². The first-order valence-electron chi connectivity index (χ1n) is 6.50. The lowest BCUT2D eigenvalue weighted by Crippen LogP contribution is -2.42. The molecule has 0 spiro atoms. The molecular formula is C13H26N2O4. The van der Waals surface area contributed by atoms with Crippen molar-refractivity contribution in [3.05, 3.63) is 0 Å². The lowest BCUT2D eigenvalue weighted by molar-refractivity contribution is -0.126. The summed E-state index contributed by atoms with van der Waals surface area (Å²) in [6.07, 6.45) is 2.94. The van der Waals surface area contributed by atoms with E-state index in [9.17, 15) is 4.79 Å². The SMILES string of the molecule is CC(C)(C)OC(=O)NC1CCCC1CN.COC=O. The summed E-state index contributed by atoms with van der Waals surface area (Å²) in [5, 5.41) is 2.90. The van der Waals surface area contributed by atoms with Crippen molar-refractivity contribution < 1.29 is 19.1 Å².